The van der Waals surface area contributed by atoms with Crippen LogP contribution in [0.5, 0.6) is 5.75 Å². The normalized spacial score (nSPS) is 14.6. The highest BCUT2D eigenvalue weighted by Crippen LogP contribution is 2.32. The summed E-state index contributed by atoms with van der Waals surface area (Å²) in [5.41, 5.74) is 8.44. The molecule has 0 unspecified atom stereocenters. The highest BCUT2D eigenvalue weighted by Gasteiger charge is 2.19. The molecule has 2 aromatic rings. The third-order valence-corrected chi connectivity index (χ3v) is 6.32. The number of hydrogen-bond donors (Lipinski definition) is 2. The van der Waals surface area contributed by atoms with Gasteiger partial charge in [0.2, 0.25) is 0 Å². The van der Waals surface area contributed by atoms with Crippen LogP contribution in [0.2, 0.25) is 10.0 Å². The number of unbranched alkanes of at least 4 members (excludes halogenated alkanes) is 1. The van der Waals surface area contributed by atoms with Crippen molar-refractivity contribution >= 4 is 40.5 Å². The fraction of sp³-hybridized carbons (Fsp3) is 0.435. The van der Waals surface area contributed by atoms with Crippen LogP contribution in [0.4, 0.5) is 11.4 Å². The van der Waals surface area contributed by atoms with Crippen LogP contribution in [-0.2, 0) is 11.2 Å². The first-order chi connectivity index (χ1) is 14.9. The summed E-state index contributed by atoms with van der Waals surface area (Å²) in [6.07, 6.45) is 2.52. The molecule has 0 spiro atoms. The number of carboxylic acid groups (broad SMARTS) is 1. The highest BCUT2D eigenvalue weighted by atomic mass is 35.5. The van der Waals surface area contributed by atoms with Gasteiger partial charge in [0.1, 0.15) is 5.75 Å². The molecule has 0 atom stereocenters. The topological polar surface area (TPSA) is 79.0 Å². The first-order valence-electron chi connectivity index (χ1n) is 10.6. The quantitative estimate of drug-likeness (QED) is 0.395. The predicted octanol–water partition coefficient (Wildman–Crippen LogP) is 4.57. The summed E-state index contributed by atoms with van der Waals surface area (Å²) in [6, 6.07) is 11.2. The summed E-state index contributed by atoms with van der Waals surface area (Å²) in [6.45, 7) is 5.53. The smallest absolute Gasteiger partial charge is 0.303 e. The lowest BCUT2D eigenvalue weighted by Crippen LogP contribution is -2.46. The van der Waals surface area contributed by atoms with Crippen molar-refractivity contribution in [3.8, 4) is 5.75 Å². The van der Waals surface area contributed by atoms with Crippen molar-refractivity contribution in [1.82, 2.24) is 4.90 Å². The van der Waals surface area contributed by atoms with Crippen LogP contribution in [0.15, 0.2) is 36.4 Å². The van der Waals surface area contributed by atoms with Crippen molar-refractivity contribution in [3.63, 3.8) is 0 Å². The maximum atomic E-state index is 10.7. The SMILES string of the molecule is Nc1cc(OCCCCN2CCN(c3cccc(Cl)c3Cl)CC2)ccc1CCC(=O)O. The first-order valence-corrected chi connectivity index (χ1v) is 11.3. The van der Waals surface area contributed by atoms with Crippen LogP contribution < -0.4 is 15.4 Å². The summed E-state index contributed by atoms with van der Waals surface area (Å²) in [7, 11) is 0. The largest absolute Gasteiger partial charge is 0.494 e. The Hall–Kier alpha value is -2.15. The van der Waals surface area contributed by atoms with E-state index in [4.69, 9.17) is 38.8 Å². The molecule has 3 N–H and O–H groups in total. The number of ether oxygens (including phenoxy) is 1. The summed E-state index contributed by atoms with van der Waals surface area (Å²) >= 11 is 12.5. The van der Waals surface area contributed by atoms with E-state index in [0.29, 0.717) is 28.8 Å². The Balaban J connectivity index is 1.33. The number of aryl methyl sites for hydroxylation is 1. The average Bonchev–Trinajstić information content (AvgIpc) is 2.75. The molecule has 0 aromatic heterocycles. The number of hydrogen-bond acceptors (Lipinski definition) is 5. The minimum atomic E-state index is -0.825. The second kappa shape index (κ2) is 11.5. The van der Waals surface area contributed by atoms with E-state index in [9.17, 15) is 4.79 Å². The second-order valence-corrected chi connectivity index (χ2v) is 8.50. The van der Waals surface area contributed by atoms with Gasteiger partial charge in [-0.05, 0) is 49.6 Å². The molecule has 2 aromatic carbocycles. The molecular weight excluding hydrogens is 437 g/mol. The van der Waals surface area contributed by atoms with E-state index in [-0.39, 0.29) is 6.42 Å². The van der Waals surface area contributed by atoms with E-state index >= 15 is 0 Å². The summed E-state index contributed by atoms with van der Waals surface area (Å²) in [4.78, 5) is 15.4. The molecule has 31 heavy (non-hydrogen) atoms. The number of nitrogen functional groups attached to an aromatic ring is 1. The number of carboxylic acids is 1. The van der Waals surface area contributed by atoms with Gasteiger partial charge in [0, 0.05) is 44.4 Å². The Labute approximate surface area is 193 Å². The predicted molar refractivity (Wildman–Crippen MR) is 127 cm³/mol. The number of benzene rings is 2. The molecule has 0 amide bonds. The molecule has 1 aliphatic heterocycles. The van der Waals surface area contributed by atoms with Crippen LogP contribution in [0.25, 0.3) is 0 Å². The zero-order chi connectivity index (χ0) is 22.2. The van der Waals surface area contributed by atoms with E-state index in [0.717, 1.165) is 62.6 Å². The molecule has 0 aliphatic carbocycles. The van der Waals surface area contributed by atoms with Gasteiger partial charge in [-0.3, -0.25) is 9.69 Å². The van der Waals surface area contributed by atoms with Crippen LogP contribution in [0.3, 0.4) is 0 Å². The van der Waals surface area contributed by atoms with Gasteiger partial charge < -0.3 is 20.5 Å². The van der Waals surface area contributed by atoms with Gasteiger partial charge >= 0.3 is 5.97 Å². The number of aliphatic carboxylic acids is 1. The minimum absolute atomic E-state index is 0.0742. The number of rotatable bonds is 10. The fourth-order valence-electron chi connectivity index (χ4n) is 3.71. The molecule has 1 aliphatic rings. The minimum Gasteiger partial charge on any atom is -0.494 e. The third-order valence-electron chi connectivity index (χ3n) is 5.51. The Morgan fingerprint density at radius 1 is 1.10 bits per heavy atom. The highest BCUT2D eigenvalue weighted by molar-refractivity contribution is 6.43. The summed E-state index contributed by atoms with van der Waals surface area (Å²) in [5, 5.41) is 10.0. The van der Waals surface area contributed by atoms with E-state index in [1.807, 2.05) is 30.3 Å². The van der Waals surface area contributed by atoms with Crippen molar-refractivity contribution in [2.45, 2.75) is 25.7 Å². The average molecular weight is 466 g/mol. The molecule has 1 fully saturated rings. The van der Waals surface area contributed by atoms with Crippen molar-refractivity contribution in [2.24, 2.45) is 0 Å². The molecule has 0 radical (unpaired) electrons. The molecule has 0 saturated carbocycles. The maximum Gasteiger partial charge on any atom is 0.303 e. The van der Waals surface area contributed by atoms with Gasteiger partial charge in [-0.25, -0.2) is 0 Å². The van der Waals surface area contributed by atoms with Crippen molar-refractivity contribution in [3.05, 3.63) is 52.0 Å². The molecule has 6 nitrogen and oxygen atoms in total. The van der Waals surface area contributed by atoms with Gasteiger partial charge in [0.15, 0.2) is 0 Å². The molecule has 168 valence electrons. The Bertz CT molecular complexity index is 886. The molecule has 0 bridgehead atoms. The number of nitrogens with two attached hydrogens (primary N) is 1. The van der Waals surface area contributed by atoms with E-state index < -0.39 is 5.97 Å². The number of nitrogens with zero attached hydrogens (tertiary/aromatic N) is 2. The van der Waals surface area contributed by atoms with Gasteiger partial charge in [-0.2, -0.15) is 0 Å². The lowest BCUT2D eigenvalue weighted by molar-refractivity contribution is -0.136. The van der Waals surface area contributed by atoms with Crippen LogP contribution in [-0.4, -0.2) is 55.3 Å². The molecular formula is C23H29Cl2N3O3. The maximum absolute atomic E-state index is 10.7. The molecule has 3 rings (SSSR count). The van der Waals surface area contributed by atoms with E-state index in [1.54, 1.807) is 6.07 Å². The van der Waals surface area contributed by atoms with Crippen LogP contribution >= 0.6 is 23.2 Å². The fourth-order valence-corrected chi connectivity index (χ4v) is 4.12. The van der Waals surface area contributed by atoms with Crippen LogP contribution in [0.1, 0.15) is 24.8 Å². The summed E-state index contributed by atoms with van der Waals surface area (Å²) < 4.78 is 5.81. The Morgan fingerprint density at radius 2 is 1.87 bits per heavy atom. The van der Waals surface area contributed by atoms with Gasteiger partial charge in [-0.15, -0.1) is 0 Å². The van der Waals surface area contributed by atoms with E-state index in [1.165, 1.54) is 0 Å². The van der Waals surface area contributed by atoms with Crippen molar-refractivity contribution in [2.75, 3.05) is 50.0 Å². The lowest BCUT2D eigenvalue weighted by atomic mass is 10.1. The van der Waals surface area contributed by atoms with Crippen LogP contribution in [0, 0.1) is 0 Å². The number of piperazine rings is 1. The first kappa shape index (κ1) is 23.5. The Morgan fingerprint density at radius 3 is 2.58 bits per heavy atom. The van der Waals surface area contributed by atoms with Crippen molar-refractivity contribution in [1.29, 1.82) is 0 Å². The molecule has 1 heterocycles. The van der Waals surface area contributed by atoms with Gasteiger partial charge in [-0.1, -0.05) is 35.3 Å². The molecule has 8 heteroatoms. The number of anilines is 2. The summed E-state index contributed by atoms with van der Waals surface area (Å²) in [5.74, 6) is -0.0991. The van der Waals surface area contributed by atoms with Gasteiger partial charge in [0.25, 0.3) is 0 Å². The second-order valence-electron chi connectivity index (χ2n) is 7.71. The standard InChI is InChI=1S/C23H29Cl2N3O3/c24-19-4-3-5-21(23(19)25)28-13-11-27(12-14-28)10-1-2-15-31-18-8-6-17(20(26)16-18)7-9-22(29)30/h3-6,8,16H,1-2,7,9-15,26H2,(H,29,30). The third kappa shape index (κ3) is 6.92. The van der Waals surface area contributed by atoms with Crippen molar-refractivity contribution < 1.29 is 14.6 Å². The zero-order valence-electron chi connectivity index (χ0n) is 17.5. The number of halogens is 2. The van der Waals surface area contributed by atoms with Gasteiger partial charge in [0.05, 0.1) is 22.3 Å². The lowest BCUT2D eigenvalue weighted by Gasteiger charge is -2.36. The Kier molecular flexibility index (Phi) is 8.69. The zero-order valence-corrected chi connectivity index (χ0v) is 19.0. The monoisotopic (exact) mass is 465 g/mol. The van der Waals surface area contributed by atoms with E-state index in [2.05, 4.69) is 9.80 Å². The number of carbonyl (C=O) groups is 1. The molecule has 1 saturated heterocycles.